The first kappa shape index (κ1) is 23.8. The highest BCUT2D eigenvalue weighted by atomic mass is 35.5. The van der Waals surface area contributed by atoms with Crippen LogP contribution < -0.4 is 4.74 Å². The molecule has 0 amide bonds. The molecule has 6 nitrogen and oxygen atoms in total. The summed E-state index contributed by atoms with van der Waals surface area (Å²) in [6.07, 6.45) is -6.36. The molecule has 0 saturated carbocycles. The second-order valence-electron chi connectivity index (χ2n) is 7.44. The van der Waals surface area contributed by atoms with Gasteiger partial charge in [-0.05, 0) is 48.4 Å². The van der Waals surface area contributed by atoms with Crippen molar-refractivity contribution in [3.8, 4) is 5.75 Å². The summed E-state index contributed by atoms with van der Waals surface area (Å²) in [5, 5.41) is 39.4. The Morgan fingerprint density at radius 3 is 2.32 bits per heavy atom. The highest BCUT2D eigenvalue weighted by Gasteiger charge is 2.45. The monoisotopic (exact) mass is 458 g/mol. The third kappa shape index (κ3) is 4.84. The van der Waals surface area contributed by atoms with E-state index in [1.165, 1.54) is 36.4 Å². The SMILES string of the molecule is CCCOc1ccc(C(F)(F)c2cc([C@@H]3O[C@H](CO)[C@@H](O)[C@H](O)[C@H]3O)ccc2Cl)cc1. The predicted octanol–water partition coefficient (Wildman–Crippen LogP) is 2.78. The number of hydrogen-bond donors (Lipinski definition) is 4. The molecule has 3 rings (SSSR count). The van der Waals surface area contributed by atoms with E-state index in [9.17, 15) is 20.4 Å². The second kappa shape index (κ2) is 9.77. The lowest BCUT2D eigenvalue weighted by molar-refractivity contribution is -0.231. The highest BCUT2D eigenvalue weighted by molar-refractivity contribution is 6.31. The molecule has 0 spiro atoms. The van der Waals surface area contributed by atoms with Crippen LogP contribution in [-0.2, 0) is 10.7 Å². The van der Waals surface area contributed by atoms with Crippen LogP contribution in [0.2, 0.25) is 5.02 Å². The molecule has 0 aromatic heterocycles. The summed E-state index contributed by atoms with van der Waals surface area (Å²) in [6, 6.07) is 9.14. The van der Waals surface area contributed by atoms with Gasteiger partial charge in [-0.3, -0.25) is 0 Å². The standard InChI is InChI=1S/C22H25ClF2O6/c1-2-9-30-14-6-4-13(5-7-14)22(24,25)15-10-12(3-8-16(15)23)21-20(29)19(28)18(27)17(11-26)31-21/h3-8,10,17-21,26-29H,2,9,11H2,1H3/t17-,18-,19+,20-,21+/m1/s1. The Labute approximate surface area is 183 Å². The van der Waals surface area contributed by atoms with Crippen LogP contribution in [0.1, 0.15) is 36.1 Å². The van der Waals surface area contributed by atoms with Gasteiger partial charge < -0.3 is 29.9 Å². The third-order valence-electron chi connectivity index (χ3n) is 5.24. The fourth-order valence-corrected chi connectivity index (χ4v) is 3.71. The molecule has 1 saturated heterocycles. The number of benzene rings is 2. The molecule has 0 unspecified atom stereocenters. The number of aliphatic hydroxyl groups is 4. The van der Waals surface area contributed by atoms with Crippen LogP contribution in [0.25, 0.3) is 0 Å². The molecular formula is C22H25ClF2O6. The lowest BCUT2D eigenvalue weighted by atomic mass is 9.89. The molecule has 0 bridgehead atoms. The van der Waals surface area contributed by atoms with E-state index in [1.54, 1.807) is 0 Å². The summed E-state index contributed by atoms with van der Waals surface area (Å²) in [4.78, 5) is 0. The molecule has 5 atom stereocenters. The van der Waals surface area contributed by atoms with Crippen molar-refractivity contribution in [3.05, 3.63) is 64.2 Å². The van der Waals surface area contributed by atoms with Gasteiger partial charge in [-0.1, -0.05) is 24.6 Å². The van der Waals surface area contributed by atoms with Crippen molar-refractivity contribution < 1.29 is 38.7 Å². The molecule has 9 heteroatoms. The Kier molecular flexibility index (Phi) is 7.51. The second-order valence-corrected chi connectivity index (χ2v) is 7.84. The van der Waals surface area contributed by atoms with Crippen LogP contribution in [0.4, 0.5) is 8.78 Å². The minimum atomic E-state index is -3.47. The zero-order valence-electron chi connectivity index (χ0n) is 16.8. The maximum absolute atomic E-state index is 15.3. The van der Waals surface area contributed by atoms with Crippen LogP contribution in [0.15, 0.2) is 42.5 Å². The summed E-state index contributed by atoms with van der Waals surface area (Å²) >= 11 is 6.08. The largest absolute Gasteiger partial charge is 0.494 e. The molecule has 2 aromatic carbocycles. The maximum atomic E-state index is 15.3. The Bertz CT molecular complexity index is 877. The third-order valence-corrected chi connectivity index (χ3v) is 5.57. The fraction of sp³-hybridized carbons (Fsp3) is 0.455. The van der Waals surface area contributed by atoms with E-state index in [4.69, 9.17) is 21.1 Å². The normalized spacial score (nSPS) is 26.6. The predicted molar refractivity (Wildman–Crippen MR) is 109 cm³/mol. The molecule has 1 fully saturated rings. The Morgan fingerprint density at radius 1 is 1.03 bits per heavy atom. The zero-order chi connectivity index (χ0) is 22.8. The highest BCUT2D eigenvalue weighted by Crippen LogP contribution is 2.42. The summed E-state index contributed by atoms with van der Waals surface area (Å²) in [5.41, 5.74) is -0.686. The first-order chi connectivity index (χ1) is 14.7. The van der Waals surface area contributed by atoms with E-state index in [0.29, 0.717) is 12.4 Å². The quantitative estimate of drug-likeness (QED) is 0.509. The molecule has 1 aliphatic rings. The summed E-state index contributed by atoms with van der Waals surface area (Å²) in [7, 11) is 0. The van der Waals surface area contributed by atoms with E-state index in [-0.39, 0.29) is 16.1 Å². The number of alkyl halides is 2. The molecule has 1 heterocycles. The molecule has 31 heavy (non-hydrogen) atoms. The number of ether oxygens (including phenoxy) is 2. The molecule has 0 radical (unpaired) electrons. The minimum absolute atomic E-state index is 0.124. The average molecular weight is 459 g/mol. The fourth-order valence-electron chi connectivity index (χ4n) is 3.47. The summed E-state index contributed by atoms with van der Waals surface area (Å²) < 4.78 is 41.5. The van der Waals surface area contributed by atoms with E-state index in [1.807, 2.05) is 6.92 Å². The van der Waals surface area contributed by atoms with Gasteiger partial charge >= 0.3 is 0 Å². The lowest BCUT2D eigenvalue weighted by Gasteiger charge is -2.40. The van der Waals surface area contributed by atoms with E-state index < -0.39 is 48.6 Å². The van der Waals surface area contributed by atoms with E-state index >= 15 is 8.78 Å². The Morgan fingerprint density at radius 2 is 1.71 bits per heavy atom. The number of aliphatic hydroxyl groups excluding tert-OH is 4. The topological polar surface area (TPSA) is 99.4 Å². The maximum Gasteiger partial charge on any atom is 0.299 e. The van der Waals surface area contributed by atoms with E-state index in [2.05, 4.69) is 0 Å². The average Bonchev–Trinajstić information content (AvgIpc) is 2.77. The molecule has 2 aromatic rings. The van der Waals surface area contributed by atoms with Crippen LogP contribution >= 0.6 is 11.6 Å². The van der Waals surface area contributed by atoms with Crippen molar-refractivity contribution in [3.63, 3.8) is 0 Å². The van der Waals surface area contributed by atoms with Crippen molar-refractivity contribution in [2.24, 2.45) is 0 Å². The zero-order valence-corrected chi connectivity index (χ0v) is 17.5. The van der Waals surface area contributed by atoms with Crippen molar-refractivity contribution in [2.75, 3.05) is 13.2 Å². The number of halogens is 3. The van der Waals surface area contributed by atoms with Crippen molar-refractivity contribution in [2.45, 2.75) is 49.8 Å². The Hall–Kier alpha value is -1.81. The van der Waals surface area contributed by atoms with E-state index in [0.717, 1.165) is 12.5 Å². The van der Waals surface area contributed by atoms with Crippen LogP contribution in [-0.4, -0.2) is 58.1 Å². The lowest BCUT2D eigenvalue weighted by Crippen LogP contribution is -2.55. The van der Waals surface area contributed by atoms with Gasteiger partial charge in [0.15, 0.2) is 0 Å². The molecule has 170 valence electrons. The summed E-state index contributed by atoms with van der Waals surface area (Å²) in [6.45, 7) is 1.79. The van der Waals surface area contributed by atoms with Crippen LogP contribution in [0.3, 0.4) is 0 Å². The van der Waals surface area contributed by atoms with Crippen LogP contribution in [0.5, 0.6) is 5.75 Å². The van der Waals surface area contributed by atoms with Gasteiger partial charge in [0.1, 0.15) is 36.3 Å². The Balaban J connectivity index is 1.93. The number of rotatable bonds is 7. The first-order valence-electron chi connectivity index (χ1n) is 9.92. The van der Waals surface area contributed by atoms with Crippen LogP contribution in [0, 0.1) is 0 Å². The van der Waals surface area contributed by atoms with Gasteiger partial charge in [-0.15, -0.1) is 0 Å². The van der Waals surface area contributed by atoms with Gasteiger partial charge in [0.2, 0.25) is 0 Å². The van der Waals surface area contributed by atoms with Crippen molar-refractivity contribution in [1.82, 2.24) is 0 Å². The smallest absolute Gasteiger partial charge is 0.299 e. The molecule has 1 aliphatic heterocycles. The molecule has 0 aliphatic carbocycles. The number of hydrogen-bond acceptors (Lipinski definition) is 6. The first-order valence-corrected chi connectivity index (χ1v) is 10.3. The minimum Gasteiger partial charge on any atom is -0.494 e. The van der Waals surface area contributed by atoms with Gasteiger partial charge in [0.25, 0.3) is 5.92 Å². The van der Waals surface area contributed by atoms with Gasteiger partial charge in [0.05, 0.1) is 18.2 Å². The molecular weight excluding hydrogens is 434 g/mol. The van der Waals surface area contributed by atoms with Crippen molar-refractivity contribution in [1.29, 1.82) is 0 Å². The van der Waals surface area contributed by atoms with Gasteiger partial charge in [-0.25, -0.2) is 0 Å². The molecule has 4 N–H and O–H groups in total. The summed E-state index contributed by atoms with van der Waals surface area (Å²) in [5.74, 6) is -2.99. The van der Waals surface area contributed by atoms with Gasteiger partial charge in [0, 0.05) is 11.1 Å². The van der Waals surface area contributed by atoms with Crippen molar-refractivity contribution >= 4 is 11.6 Å². The van der Waals surface area contributed by atoms with Gasteiger partial charge in [-0.2, -0.15) is 8.78 Å².